The summed E-state index contributed by atoms with van der Waals surface area (Å²) in [4.78, 5) is 3.31. The van der Waals surface area contributed by atoms with Gasteiger partial charge in [0.1, 0.15) is 5.60 Å². The second-order valence-electron chi connectivity index (χ2n) is 6.27. The smallest absolute Gasteiger partial charge is 0.119 e. The molecule has 0 aliphatic carbocycles. The van der Waals surface area contributed by atoms with Crippen LogP contribution < -0.4 is 0 Å². The molecule has 25 heavy (non-hydrogen) atoms. The molecule has 1 heterocycles. The molecule has 0 saturated carbocycles. The maximum Gasteiger partial charge on any atom is 0.119 e. The summed E-state index contributed by atoms with van der Waals surface area (Å²) in [6.07, 6.45) is 2.49. The Morgan fingerprint density at radius 2 is 1.44 bits per heavy atom. The predicted octanol–water partition coefficient (Wildman–Crippen LogP) is 5.41. The van der Waals surface area contributed by atoms with Gasteiger partial charge in [-0.2, -0.15) is 0 Å². The number of H-pyrrole nitrogens is 1. The Balaban J connectivity index is 1.85. The van der Waals surface area contributed by atoms with E-state index in [9.17, 15) is 5.11 Å². The molecule has 0 bridgehead atoms. The van der Waals surface area contributed by atoms with Gasteiger partial charge in [-0.15, -0.1) is 0 Å². The first-order valence-corrected chi connectivity index (χ1v) is 9.05. The third-order valence-corrected chi connectivity index (χ3v) is 5.17. The van der Waals surface area contributed by atoms with Crippen LogP contribution in [-0.2, 0) is 12.0 Å². The van der Waals surface area contributed by atoms with Gasteiger partial charge in [-0.25, -0.2) is 0 Å². The molecule has 2 N–H and O–H groups in total. The van der Waals surface area contributed by atoms with Crippen molar-refractivity contribution in [3.05, 3.63) is 106 Å². The Morgan fingerprint density at radius 1 is 0.840 bits per heavy atom. The van der Waals surface area contributed by atoms with Crippen LogP contribution >= 0.6 is 15.9 Å². The molecule has 0 unspecified atom stereocenters. The van der Waals surface area contributed by atoms with E-state index in [1.54, 1.807) is 0 Å². The van der Waals surface area contributed by atoms with Gasteiger partial charge < -0.3 is 10.1 Å². The van der Waals surface area contributed by atoms with Crippen LogP contribution in [0.25, 0.3) is 10.9 Å². The van der Waals surface area contributed by atoms with Crippen LogP contribution in [0.3, 0.4) is 0 Å². The molecule has 0 fully saturated rings. The SMILES string of the molecule is OC(Cc1c[nH]c2ccc(Br)cc12)(c1ccccc1)c1ccccc1. The summed E-state index contributed by atoms with van der Waals surface area (Å²) in [6, 6.07) is 25.9. The topological polar surface area (TPSA) is 36.0 Å². The quantitative estimate of drug-likeness (QED) is 0.479. The van der Waals surface area contributed by atoms with E-state index >= 15 is 0 Å². The third kappa shape index (κ3) is 3.01. The molecule has 4 aromatic rings. The summed E-state index contributed by atoms with van der Waals surface area (Å²) in [7, 11) is 0. The van der Waals surface area contributed by atoms with E-state index in [2.05, 4.69) is 27.0 Å². The van der Waals surface area contributed by atoms with E-state index in [1.807, 2.05) is 79.0 Å². The normalized spacial score (nSPS) is 11.8. The Labute approximate surface area is 155 Å². The first kappa shape index (κ1) is 16.1. The zero-order chi connectivity index (χ0) is 17.3. The molecule has 3 aromatic carbocycles. The molecule has 1 aromatic heterocycles. The molecular formula is C22H18BrNO. The Bertz CT molecular complexity index is 953. The fraction of sp³-hybridized carbons (Fsp3) is 0.0909. The van der Waals surface area contributed by atoms with E-state index in [1.165, 1.54) is 0 Å². The highest BCUT2D eigenvalue weighted by Crippen LogP contribution is 2.35. The largest absolute Gasteiger partial charge is 0.380 e. The minimum Gasteiger partial charge on any atom is -0.380 e. The standard InChI is InChI=1S/C22H18BrNO/c23-19-11-12-21-20(13-19)16(15-24-21)14-22(25,17-7-3-1-4-8-17)18-9-5-2-6-10-18/h1-13,15,24-25H,14H2. The lowest BCUT2D eigenvalue weighted by molar-refractivity contribution is 0.0815. The van der Waals surface area contributed by atoms with Crippen molar-refractivity contribution in [3.8, 4) is 0 Å². The molecular weight excluding hydrogens is 374 g/mol. The predicted molar refractivity (Wildman–Crippen MR) is 106 cm³/mol. The number of hydrogen-bond donors (Lipinski definition) is 2. The zero-order valence-corrected chi connectivity index (χ0v) is 15.2. The summed E-state index contributed by atoms with van der Waals surface area (Å²) in [5.41, 5.74) is 2.87. The van der Waals surface area contributed by atoms with Crippen LogP contribution in [-0.4, -0.2) is 10.1 Å². The number of benzene rings is 3. The number of halogens is 1. The molecule has 0 radical (unpaired) electrons. The van der Waals surface area contributed by atoms with Crippen LogP contribution in [0.15, 0.2) is 89.5 Å². The maximum atomic E-state index is 11.7. The fourth-order valence-electron chi connectivity index (χ4n) is 3.37. The number of hydrogen-bond acceptors (Lipinski definition) is 1. The molecule has 4 rings (SSSR count). The van der Waals surface area contributed by atoms with Gasteiger partial charge in [0.05, 0.1) is 0 Å². The molecule has 0 aliphatic heterocycles. The van der Waals surface area contributed by atoms with E-state index in [0.717, 1.165) is 32.1 Å². The summed E-state index contributed by atoms with van der Waals surface area (Å²) in [5, 5.41) is 12.9. The number of fused-ring (bicyclic) bond motifs is 1. The van der Waals surface area contributed by atoms with Crippen LogP contribution in [0, 0.1) is 0 Å². The second kappa shape index (κ2) is 6.51. The second-order valence-corrected chi connectivity index (χ2v) is 7.19. The number of aliphatic hydroxyl groups is 1. The average Bonchev–Trinajstić information content (AvgIpc) is 3.05. The Hall–Kier alpha value is -2.36. The summed E-state index contributed by atoms with van der Waals surface area (Å²) in [5.74, 6) is 0. The van der Waals surface area contributed by atoms with Crippen molar-refractivity contribution in [2.45, 2.75) is 12.0 Å². The molecule has 0 saturated heterocycles. The Morgan fingerprint density at radius 3 is 2.04 bits per heavy atom. The van der Waals surface area contributed by atoms with Crippen LogP contribution in [0.4, 0.5) is 0 Å². The van der Waals surface area contributed by atoms with Crippen molar-refractivity contribution < 1.29 is 5.11 Å². The number of nitrogens with one attached hydrogen (secondary N) is 1. The third-order valence-electron chi connectivity index (χ3n) is 4.68. The van der Waals surface area contributed by atoms with Gasteiger partial charge in [-0.1, -0.05) is 76.6 Å². The highest BCUT2D eigenvalue weighted by atomic mass is 79.9. The van der Waals surface area contributed by atoms with E-state index < -0.39 is 5.60 Å². The van der Waals surface area contributed by atoms with Crippen molar-refractivity contribution in [3.63, 3.8) is 0 Å². The van der Waals surface area contributed by atoms with Gasteiger partial charge in [-0.3, -0.25) is 0 Å². The summed E-state index contributed by atoms with van der Waals surface area (Å²) < 4.78 is 1.03. The van der Waals surface area contributed by atoms with Crippen LogP contribution in [0.2, 0.25) is 0 Å². The highest BCUT2D eigenvalue weighted by Gasteiger charge is 2.32. The van der Waals surface area contributed by atoms with Gasteiger partial charge in [-0.05, 0) is 34.9 Å². The molecule has 0 amide bonds. The lowest BCUT2D eigenvalue weighted by Crippen LogP contribution is -2.30. The summed E-state index contributed by atoms with van der Waals surface area (Å²) >= 11 is 3.54. The first-order valence-electron chi connectivity index (χ1n) is 8.26. The van der Waals surface area contributed by atoms with E-state index in [0.29, 0.717) is 6.42 Å². The van der Waals surface area contributed by atoms with Crippen LogP contribution in [0.5, 0.6) is 0 Å². The minimum absolute atomic E-state index is 0.498. The monoisotopic (exact) mass is 391 g/mol. The fourth-order valence-corrected chi connectivity index (χ4v) is 3.73. The zero-order valence-electron chi connectivity index (χ0n) is 13.6. The van der Waals surface area contributed by atoms with Gasteiger partial charge in [0.25, 0.3) is 0 Å². The van der Waals surface area contributed by atoms with Gasteiger partial charge in [0.15, 0.2) is 0 Å². The van der Waals surface area contributed by atoms with Crippen molar-refractivity contribution in [1.29, 1.82) is 0 Å². The minimum atomic E-state index is -1.08. The summed E-state index contributed by atoms with van der Waals surface area (Å²) in [6.45, 7) is 0. The van der Waals surface area contributed by atoms with Gasteiger partial charge in [0.2, 0.25) is 0 Å². The molecule has 0 aliphatic rings. The van der Waals surface area contributed by atoms with E-state index in [4.69, 9.17) is 0 Å². The lowest BCUT2D eigenvalue weighted by atomic mass is 9.81. The molecule has 2 nitrogen and oxygen atoms in total. The first-order chi connectivity index (χ1) is 12.2. The van der Waals surface area contributed by atoms with Gasteiger partial charge >= 0.3 is 0 Å². The van der Waals surface area contributed by atoms with Crippen molar-refractivity contribution >= 4 is 26.8 Å². The van der Waals surface area contributed by atoms with Crippen molar-refractivity contribution in [1.82, 2.24) is 4.98 Å². The maximum absolute atomic E-state index is 11.7. The molecule has 0 spiro atoms. The van der Waals surface area contributed by atoms with Crippen molar-refractivity contribution in [2.75, 3.05) is 0 Å². The van der Waals surface area contributed by atoms with Gasteiger partial charge in [0, 0.05) is 28.0 Å². The highest BCUT2D eigenvalue weighted by molar-refractivity contribution is 9.10. The average molecular weight is 392 g/mol. The van der Waals surface area contributed by atoms with Crippen LogP contribution in [0.1, 0.15) is 16.7 Å². The number of aromatic amines is 1. The molecule has 0 atom stereocenters. The number of rotatable bonds is 4. The Kier molecular flexibility index (Phi) is 4.20. The number of aromatic nitrogens is 1. The van der Waals surface area contributed by atoms with Crippen molar-refractivity contribution in [2.24, 2.45) is 0 Å². The van der Waals surface area contributed by atoms with E-state index in [-0.39, 0.29) is 0 Å². The lowest BCUT2D eigenvalue weighted by Gasteiger charge is -2.29. The molecule has 124 valence electrons. The molecule has 3 heteroatoms.